The van der Waals surface area contributed by atoms with Crippen molar-refractivity contribution in [2.75, 3.05) is 6.54 Å². The number of carbonyl (C=O) groups is 1. The van der Waals surface area contributed by atoms with Gasteiger partial charge in [-0.3, -0.25) is 9.69 Å². The van der Waals surface area contributed by atoms with E-state index in [9.17, 15) is 9.18 Å². The second-order valence-corrected chi connectivity index (χ2v) is 7.48. The van der Waals surface area contributed by atoms with Crippen LogP contribution in [0, 0.1) is 5.82 Å². The van der Waals surface area contributed by atoms with Gasteiger partial charge in [0.05, 0.1) is 12.6 Å². The number of nitrogens with one attached hydrogen (secondary N) is 1. The minimum Gasteiger partial charge on any atom is -0.348 e. The van der Waals surface area contributed by atoms with Crippen molar-refractivity contribution in [3.05, 3.63) is 69.9 Å². The molecule has 0 aliphatic heterocycles. The van der Waals surface area contributed by atoms with Crippen LogP contribution in [0.3, 0.4) is 0 Å². The summed E-state index contributed by atoms with van der Waals surface area (Å²) in [4.78, 5) is 14.5. The molecule has 1 saturated carbocycles. The summed E-state index contributed by atoms with van der Waals surface area (Å²) in [5, 5.41) is 3.04. The van der Waals surface area contributed by atoms with Crippen molar-refractivity contribution in [3.63, 3.8) is 0 Å². The standard InChI is InChI=1S/C20H22BrFN2O/c1-14(15-6-8-17(21)9-7-15)23-20(25)13-24(18-10-11-18)12-16-4-2-3-5-19(16)22/h2-9,14,18H,10-13H2,1H3,(H,23,25)/t14-/m1/s1. The number of halogens is 2. The highest BCUT2D eigenvalue weighted by molar-refractivity contribution is 9.10. The van der Waals surface area contributed by atoms with Crippen LogP contribution < -0.4 is 5.32 Å². The Hall–Kier alpha value is -1.72. The van der Waals surface area contributed by atoms with Gasteiger partial charge in [0.2, 0.25) is 5.91 Å². The number of benzene rings is 2. The van der Waals surface area contributed by atoms with E-state index in [0.29, 0.717) is 24.7 Å². The molecule has 0 heterocycles. The largest absolute Gasteiger partial charge is 0.348 e. The Morgan fingerprint density at radius 2 is 1.92 bits per heavy atom. The maximum atomic E-state index is 13.9. The third kappa shape index (κ3) is 5.13. The molecule has 25 heavy (non-hydrogen) atoms. The monoisotopic (exact) mass is 404 g/mol. The van der Waals surface area contributed by atoms with E-state index in [1.807, 2.05) is 37.3 Å². The summed E-state index contributed by atoms with van der Waals surface area (Å²) in [7, 11) is 0. The van der Waals surface area contributed by atoms with Gasteiger partial charge >= 0.3 is 0 Å². The first-order valence-electron chi connectivity index (χ1n) is 8.55. The molecule has 1 fully saturated rings. The van der Waals surface area contributed by atoms with Crippen LogP contribution in [0.25, 0.3) is 0 Å². The van der Waals surface area contributed by atoms with Crippen molar-refractivity contribution in [1.29, 1.82) is 0 Å². The first-order valence-corrected chi connectivity index (χ1v) is 9.34. The van der Waals surface area contributed by atoms with Gasteiger partial charge in [-0.15, -0.1) is 0 Å². The Morgan fingerprint density at radius 3 is 2.56 bits per heavy atom. The van der Waals surface area contributed by atoms with E-state index in [2.05, 4.69) is 26.1 Å². The maximum Gasteiger partial charge on any atom is 0.234 e. The molecule has 132 valence electrons. The molecule has 3 rings (SSSR count). The van der Waals surface area contributed by atoms with Crippen LogP contribution in [0.1, 0.15) is 36.9 Å². The second kappa shape index (κ2) is 8.11. The number of nitrogens with zero attached hydrogens (tertiary/aromatic N) is 1. The van der Waals surface area contributed by atoms with Crippen LogP contribution in [0.15, 0.2) is 53.0 Å². The van der Waals surface area contributed by atoms with Crippen LogP contribution >= 0.6 is 15.9 Å². The lowest BCUT2D eigenvalue weighted by Gasteiger charge is -2.23. The summed E-state index contributed by atoms with van der Waals surface area (Å²) in [6.07, 6.45) is 2.15. The molecule has 2 aromatic carbocycles. The van der Waals surface area contributed by atoms with Gasteiger partial charge in [-0.1, -0.05) is 46.3 Å². The maximum absolute atomic E-state index is 13.9. The van der Waals surface area contributed by atoms with Crippen molar-refractivity contribution in [3.8, 4) is 0 Å². The number of amides is 1. The fourth-order valence-corrected chi connectivity index (χ4v) is 3.17. The molecule has 0 aromatic heterocycles. The van der Waals surface area contributed by atoms with E-state index >= 15 is 0 Å². The highest BCUT2D eigenvalue weighted by atomic mass is 79.9. The Balaban J connectivity index is 1.59. The normalized spacial score (nSPS) is 15.2. The van der Waals surface area contributed by atoms with Crippen molar-refractivity contribution in [1.82, 2.24) is 10.2 Å². The van der Waals surface area contributed by atoms with Gasteiger partial charge in [-0.05, 0) is 43.5 Å². The van der Waals surface area contributed by atoms with E-state index in [4.69, 9.17) is 0 Å². The summed E-state index contributed by atoms with van der Waals surface area (Å²) in [5.41, 5.74) is 1.70. The van der Waals surface area contributed by atoms with Crippen LogP contribution in [-0.2, 0) is 11.3 Å². The molecule has 3 nitrogen and oxygen atoms in total. The van der Waals surface area contributed by atoms with Crippen LogP contribution in [0.5, 0.6) is 0 Å². The molecule has 5 heteroatoms. The molecule has 1 N–H and O–H groups in total. The molecule has 1 aliphatic carbocycles. The fraction of sp³-hybridized carbons (Fsp3) is 0.350. The Labute approximate surface area is 156 Å². The van der Waals surface area contributed by atoms with Gasteiger partial charge in [0.1, 0.15) is 5.82 Å². The lowest BCUT2D eigenvalue weighted by atomic mass is 10.1. The highest BCUT2D eigenvalue weighted by Crippen LogP contribution is 2.28. The third-order valence-electron chi connectivity index (χ3n) is 4.49. The predicted molar refractivity (Wildman–Crippen MR) is 101 cm³/mol. The van der Waals surface area contributed by atoms with E-state index in [1.165, 1.54) is 6.07 Å². The molecule has 2 aromatic rings. The summed E-state index contributed by atoms with van der Waals surface area (Å²) in [6, 6.07) is 15.0. The van der Waals surface area contributed by atoms with Crippen molar-refractivity contribution in [2.45, 2.75) is 38.4 Å². The van der Waals surface area contributed by atoms with Gasteiger partial charge in [-0.2, -0.15) is 0 Å². The molecular formula is C20H22BrFN2O. The number of carbonyl (C=O) groups excluding carboxylic acids is 1. The number of rotatable bonds is 7. The van der Waals surface area contributed by atoms with Gasteiger partial charge in [0.15, 0.2) is 0 Å². The lowest BCUT2D eigenvalue weighted by Crippen LogP contribution is -2.39. The van der Waals surface area contributed by atoms with Crippen LogP contribution in [-0.4, -0.2) is 23.4 Å². The summed E-state index contributed by atoms with van der Waals surface area (Å²) < 4.78 is 14.9. The first kappa shape index (κ1) is 18.1. The quantitative estimate of drug-likeness (QED) is 0.739. The molecule has 0 bridgehead atoms. The summed E-state index contributed by atoms with van der Waals surface area (Å²) >= 11 is 3.41. The fourth-order valence-electron chi connectivity index (χ4n) is 2.91. The molecule has 0 spiro atoms. The van der Waals surface area contributed by atoms with E-state index in [1.54, 1.807) is 12.1 Å². The molecule has 1 atom stereocenters. The van der Waals surface area contributed by atoms with Crippen LogP contribution in [0.4, 0.5) is 4.39 Å². The van der Waals surface area contributed by atoms with Gasteiger partial charge < -0.3 is 5.32 Å². The zero-order chi connectivity index (χ0) is 17.8. The Morgan fingerprint density at radius 1 is 1.24 bits per heavy atom. The van der Waals surface area contributed by atoms with E-state index < -0.39 is 0 Å². The Bertz CT molecular complexity index is 731. The molecule has 1 aliphatic rings. The molecule has 0 saturated heterocycles. The van der Waals surface area contributed by atoms with Gasteiger partial charge in [-0.25, -0.2) is 4.39 Å². The SMILES string of the molecule is C[C@@H](NC(=O)CN(Cc1ccccc1F)C1CC1)c1ccc(Br)cc1. The first-order chi connectivity index (χ1) is 12.0. The Kier molecular flexibility index (Phi) is 5.86. The minimum atomic E-state index is -0.211. The number of hydrogen-bond donors (Lipinski definition) is 1. The topological polar surface area (TPSA) is 32.3 Å². The average molecular weight is 405 g/mol. The van der Waals surface area contributed by atoms with Crippen LogP contribution in [0.2, 0.25) is 0 Å². The second-order valence-electron chi connectivity index (χ2n) is 6.57. The molecule has 0 radical (unpaired) electrons. The minimum absolute atomic E-state index is 0.0290. The number of hydrogen-bond acceptors (Lipinski definition) is 2. The smallest absolute Gasteiger partial charge is 0.234 e. The van der Waals surface area contributed by atoms with Crippen molar-refractivity contribution >= 4 is 21.8 Å². The van der Waals surface area contributed by atoms with Crippen molar-refractivity contribution < 1.29 is 9.18 Å². The molecular weight excluding hydrogens is 383 g/mol. The lowest BCUT2D eigenvalue weighted by molar-refractivity contribution is -0.123. The zero-order valence-corrected chi connectivity index (χ0v) is 15.8. The summed E-state index contributed by atoms with van der Waals surface area (Å²) in [5.74, 6) is -0.240. The van der Waals surface area contributed by atoms with Gasteiger partial charge in [0.25, 0.3) is 0 Å². The van der Waals surface area contributed by atoms with Crippen molar-refractivity contribution in [2.24, 2.45) is 0 Å². The zero-order valence-electron chi connectivity index (χ0n) is 14.2. The third-order valence-corrected chi connectivity index (χ3v) is 5.02. The summed E-state index contributed by atoms with van der Waals surface area (Å²) in [6.45, 7) is 2.73. The highest BCUT2D eigenvalue weighted by Gasteiger charge is 2.31. The van der Waals surface area contributed by atoms with Gasteiger partial charge in [0, 0.05) is 22.6 Å². The van der Waals surface area contributed by atoms with E-state index in [-0.39, 0.29) is 17.8 Å². The van der Waals surface area contributed by atoms with E-state index in [0.717, 1.165) is 22.9 Å². The predicted octanol–water partition coefficient (Wildman–Crippen LogP) is 4.43. The molecule has 0 unspecified atom stereocenters. The molecule has 1 amide bonds. The average Bonchev–Trinajstić information content (AvgIpc) is 3.41.